The Bertz CT molecular complexity index is 541. The second kappa shape index (κ2) is 7.99. The van der Waals surface area contributed by atoms with Crippen molar-refractivity contribution in [3.05, 3.63) is 35.4 Å². The minimum atomic E-state index is -4.42. The van der Waals surface area contributed by atoms with Crippen molar-refractivity contribution in [1.82, 2.24) is 10.2 Å². The zero-order valence-corrected chi connectivity index (χ0v) is 13.4. The third kappa shape index (κ3) is 5.58. The number of amides is 2. The summed E-state index contributed by atoms with van der Waals surface area (Å²) in [6, 6.07) is 4.08. The van der Waals surface area contributed by atoms with Crippen LogP contribution >= 0.6 is 0 Å². The highest BCUT2D eigenvalue weighted by Crippen LogP contribution is 2.29. The number of benzene rings is 1. The van der Waals surface area contributed by atoms with Gasteiger partial charge in [-0.15, -0.1) is 0 Å². The fourth-order valence-electron chi connectivity index (χ4n) is 2.11. The standard InChI is InChI=1S/C16H21F3N2O2/c1-4-11(2)21(12(3)22)10-9-20-15(23)13-5-7-14(8-6-13)16(17,18)19/h5-8,11H,4,9-10H2,1-3H3,(H,20,23). The number of rotatable bonds is 6. The lowest BCUT2D eigenvalue weighted by atomic mass is 10.1. The molecule has 4 nitrogen and oxygen atoms in total. The molecule has 23 heavy (non-hydrogen) atoms. The molecule has 0 saturated carbocycles. The van der Waals surface area contributed by atoms with Gasteiger partial charge in [0.25, 0.3) is 5.91 Å². The van der Waals surface area contributed by atoms with Gasteiger partial charge in [0, 0.05) is 31.6 Å². The first-order chi connectivity index (χ1) is 10.7. The van der Waals surface area contributed by atoms with Crippen LogP contribution in [0.4, 0.5) is 13.2 Å². The number of halogens is 3. The fraction of sp³-hybridized carbons (Fsp3) is 0.500. The molecule has 2 amide bonds. The first-order valence-electron chi connectivity index (χ1n) is 7.39. The highest BCUT2D eigenvalue weighted by Gasteiger charge is 2.30. The van der Waals surface area contributed by atoms with E-state index in [-0.39, 0.29) is 24.1 Å². The predicted molar refractivity (Wildman–Crippen MR) is 80.9 cm³/mol. The van der Waals surface area contributed by atoms with Gasteiger partial charge < -0.3 is 10.2 Å². The highest BCUT2D eigenvalue weighted by molar-refractivity contribution is 5.94. The Morgan fingerprint density at radius 3 is 2.22 bits per heavy atom. The molecule has 128 valence electrons. The van der Waals surface area contributed by atoms with E-state index >= 15 is 0 Å². The summed E-state index contributed by atoms with van der Waals surface area (Å²) in [4.78, 5) is 25.1. The van der Waals surface area contributed by atoms with Gasteiger partial charge in [-0.1, -0.05) is 6.92 Å². The van der Waals surface area contributed by atoms with Crippen molar-refractivity contribution in [2.75, 3.05) is 13.1 Å². The summed E-state index contributed by atoms with van der Waals surface area (Å²) in [6.07, 6.45) is -3.63. The first-order valence-corrected chi connectivity index (χ1v) is 7.39. The van der Waals surface area contributed by atoms with Crippen molar-refractivity contribution in [3.8, 4) is 0 Å². The van der Waals surface area contributed by atoms with Crippen LogP contribution in [0.3, 0.4) is 0 Å². The van der Waals surface area contributed by atoms with E-state index in [4.69, 9.17) is 0 Å². The molecule has 1 N–H and O–H groups in total. The number of hydrogen-bond acceptors (Lipinski definition) is 2. The first kappa shape index (κ1) is 19.0. The lowest BCUT2D eigenvalue weighted by Crippen LogP contribution is -2.42. The van der Waals surface area contributed by atoms with Gasteiger partial charge in [0.05, 0.1) is 5.56 Å². The summed E-state index contributed by atoms with van der Waals surface area (Å²) < 4.78 is 37.4. The van der Waals surface area contributed by atoms with Crippen LogP contribution in [0.1, 0.15) is 43.1 Å². The highest BCUT2D eigenvalue weighted by atomic mass is 19.4. The smallest absolute Gasteiger partial charge is 0.350 e. The minimum absolute atomic E-state index is 0.0653. The summed E-state index contributed by atoms with van der Waals surface area (Å²) in [5.41, 5.74) is -0.649. The maximum atomic E-state index is 12.5. The molecule has 7 heteroatoms. The summed E-state index contributed by atoms with van der Waals surface area (Å²) >= 11 is 0. The van der Waals surface area contributed by atoms with E-state index in [2.05, 4.69) is 5.32 Å². The monoisotopic (exact) mass is 330 g/mol. The molecule has 0 aliphatic carbocycles. The predicted octanol–water partition coefficient (Wildman–Crippen LogP) is 3.08. The topological polar surface area (TPSA) is 49.4 Å². The molecule has 1 rings (SSSR count). The van der Waals surface area contributed by atoms with Crippen molar-refractivity contribution < 1.29 is 22.8 Å². The second-order valence-corrected chi connectivity index (χ2v) is 5.30. The van der Waals surface area contributed by atoms with Crippen LogP contribution in [0.25, 0.3) is 0 Å². The van der Waals surface area contributed by atoms with E-state index in [9.17, 15) is 22.8 Å². The van der Waals surface area contributed by atoms with E-state index < -0.39 is 17.6 Å². The van der Waals surface area contributed by atoms with Crippen LogP contribution in [-0.4, -0.2) is 35.8 Å². The maximum Gasteiger partial charge on any atom is 0.416 e. The normalized spacial score (nSPS) is 12.6. The molecule has 1 atom stereocenters. The number of carbonyl (C=O) groups excluding carboxylic acids is 2. The van der Waals surface area contributed by atoms with Gasteiger partial charge in [-0.2, -0.15) is 13.2 Å². The minimum Gasteiger partial charge on any atom is -0.350 e. The molecule has 1 aromatic rings. The van der Waals surface area contributed by atoms with Crippen LogP contribution < -0.4 is 5.32 Å². The molecule has 0 bridgehead atoms. The molecule has 0 heterocycles. The summed E-state index contributed by atoms with van der Waals surface area (Å²) in [7, 11) is 0. The molecule has 0 spiro atoms. The van der Waals surface area contributed by atoms with Crippen molar-refractivity contribution in [1.29, 1.82) is 0 Å². The number of carbonyl (C=O) groups is 2. The molecule has 1 aromatic carbocycles. The van der Waals surface area contributed by atoms with Gasteiger partial charge >= 0.3 is 6.18 Å². The molecule has 0 radical (unpaired) electrons. The van der Waals surface area contributed by atoms with Crippen LogP contribution in [0, 0.1) is 0 Å². The maximum absolute atomic E-state index is 12.5. The van der Waals surface area contributed by atoms with E-state index in [0.29, 0.717) is 6.54 Å². The van der Waals surface area contributed by atoms with Gasteiger partial charge in [0.1, 0.15) is 0 Å². The summed E-state index contributed by atoms with van der Waals surface area (Å²) in [6.45, 7) is 5.94. The quantitative estimate of drug-likeness (QED) is 0.871. The zero-order valence-electron chi connectivity index (χ0n) is 13.4. The number of alkyl halides is 3. The van der Waals surface area contributed by atoms with Crippen molar-refractivity contribution in [2.45, 2.75) is 39.4 Å². The summed E-state index contributed by atoms with van der Waals surface area (Å²) in [5.74, 6) is -0.547. The van der Waals surface area contributed by atoms with Gasteiger partial charge in [-0.05, 0) is 37.6 Å². The lowest BCUT2D eigenvalue weighted by molar-refractivity contribution is -0.137. The van der Waals surface area contributed by atoms with Crippen molar-refractivity contribution >= 4 is 11.8 Å². The average Bonchev–Trinajstić information content (AvgIpc) is 2.49. The van der Waals surface area contributed by atoms with Gasteiger partial charge in [0.2, 0.25) is 5.91 Å². The van der Waals surface area contributed by atoms with E-state index in [1.165, 1.54) is 6.92 Å². The van der Waals surface area contributed by atoms with Crippen LogP contribution in [0.5, 0.6) is 0 Å². The Labute approximate surface area is 133 Å². The molecule has 1 unspecified atom stereocenters. The Morgan fingerprint density at radius 2 is 1.78 bits per heavy atom. The Hall–Kier alpha value is -2.05. The Kier molecular flexibility index (Phi) is 6.60. The Morgan fingerprint density at radius 1 is 1.22 bits per heavy atom. The third-order valence-electron chi connectivity index (χ3n) is 3.64. The van der Waals surface area contributed by atoms with Crippen LogP contribution in [0.15, 0.2) is 24.3 Å². The molecule has 0 fully saturated rings. The molecular formula is C16H21F3N2O2. The zero-order chi connectivity index (χ0) is 17.6. The van der Waals surface area contributed by atoms with Crippen molar-refractivity contribution in [2.24, 2.45) is 0 Å². The number of nitrogens with zero attached hydrogens (tertiary/aromatic N) is 1. The molecular weight excluding hydrogens is 309 g/mol. The van der Waals surface area contributed by atoms with Crippen LogP contribution in [-0.2, 0) is 11.0 Å². The largest absolute Gasteiger partial charge is 0.416 e. The van der Waals surface area contributed by atoms with E-state index in [1.807, 2.05) is 13.8 Å². The van der Waals surface area contributed by atoms with Crippen LogP contribution in [0.2, 0.25) is 0 Å². The van der Waals surface area contributed by atoms with E-state index in [0.717, 1.165) is 30.7 Å². The average molecular weight is 330 g/mol. The second-order valence-electron chi connectivity index (χ2n) is 5.30. The van der Waals surface area contributed by atoms with Crippen molar-refractivity contribution in [3.63, 3.8) is 0 Å². The Balaban J connectivity index is 2.58. The summed E-state index contributed by atoms with van der Waals surface area (Å²) in [5, 5.41) is 2.61. The molecule has 0 aliphatic heterocycles. The van der Waals surface area contributed by atoms with Gasteiger partial charge in [-0.25, -0.2) is 0 Å². The number of hydrogen-bond donors (Lipinski definition) is 1. The third-order valence-corrected chi connectivity index (χ3v) is 3.64. The molecule has 0 aromatic heterocycles. The SMILES string of the molecule is CCC(C)N(CCNC(=O)c1ccc(C(F)(F)F)cc1)C(C)=O. The number of nitrogens with one attached hydrogen (secondary N) is 1. The van der Waals surface area contributed by atoms with Gasteiger partial charge in [0.15, 0.2) is 0 Å². The van der Waals surface area contributed by atoms with E-state index in [1.54, 1.807) is 4.90 Å². The lowest BCUT2D eigenvalue weighted by Gasteiger charge is -2.27. The fourth-order valence-corrected chi connectivity index (χ4v) is 2.11. The van der Waals surface area contributed by atoms with Gasteiger partial charge in [-0.3, -0.25) is 9.59 Å². The molecule has 0 aliphatic rings. The molecule has 0 saturated heterocycles.